The summed E-state index contributed by atoms with van der Waals surface area (Å²) in [5.74, 6) is 0.719. The molecule has 1 aromatic rings. The van der Waals surface area contributed by atoms with Gasteiger partial charge in [-0.25, -0.2) is 0 Å². The van der Waals surface area contributed by atoms with E-state index in [1.54, 1.807) is 0 Å². The third-order valence-corrected chi connectivity index (χ3v) is 5.25. The van der Waals surface area contributed by atoms with Crippen LogP contribution in [-0.4, -0.2) is 11.7 Å². The van der Waals surface area contributed by atoms with Crippen molar-refractivity contribution in [3.05, 3.63) is 35.4 Å². The van der Waals surface area contributed by atoms with Crippen LogP contribution in [0.15, 0.2) is 24.3 Å². The average molecular weight is 275 g/mol. The summed E-state index contributed by atoms with van der Waals surface area (Å²) >= 11 is 0. The molecule has 0 radical (unpaired) electrons. The lowest BCUT2D eigenvalue weighted by atomic mass is 9.64. The zero-order valence-corrected chi connectivity index (χ0v) is 12.9. The smallest absolute Gasteiger partial charge is 0.0858 e. The van der Waals surface area contributed by atoms with E-state index in [4.69, 9.17) is 5.73 Å². The molecule has 112 valence electrons. The van der Waals surface area contributed by atoms with Crippen LogP contribution in [-0.2, 0) is 6.42 Å². The Hall–Kier alpha value is -0.860. The first-order valence-corrected chi connectivity index (χ1v) is 8.12. The molecule has 0 aromatic heterocycles. The van der Waals surface area contributed by atoms with Crippen LogP contribution in [0.5, 0.6) is 0 Å². The summed E-state index contributed by atoms with van der Waals surface area (Å²) in [6.07, 6.45) is 6.42. The molecule has 0 heterocycles. The lowest BCUT2D eigenvalue weighted by Gasteiger charge is -2.43. The Morgan fingerprint density at radius 3 is 2.55 bits per heavy atom. The molecule has 3 atom stereocenters. The molecule has 1 aromatic carbocycles. The van der Waals surface area contributed by atoms with Gasteiger partial charge in [0.05, 0.1) is 6.10 Å². The van der Waals surface area contributed by atoms with Crippen molar-refractivity contribution >= 4 is 0 Å². The van der Waals surface area contributed by atoms with Crippen LogP contribution in [0.25, 0.3) is 0 Å². The number of hydrogen-bond donors (Lipinski definition) is 2. The lowest BCUT2D eigenvalue weighted by Crippen LogP contribution is -2.41. The predicted octanol–water partition coefficient (Wildman–Crippen LogP) is 3.83. The summed E-state index contributed by atoms with van der Waals surface area (Å²) in [4.78, 5) is 0. The number of aryl methyl sites for hydroxylation is 1. The summed E-state index contributed by atoms with van der Waals surface area (Å²) < 4.78 is 0. The fourth-order valence-corrected chi connectivity index (χ4v) is 3.70. The van der Waals surface area contributed by atoms with E-state index in [1.807, 2.05) is 0 Å². The first-order chi connectivity index (χ1) is 9.65. The van der Waals surface area contributed by atoms with E-state index in [0.29, 0.717) is 6.54 Å². The molecule has 2 rings (SSSR count). The van der Waals surface area contributed by atoms with Crippen molar-refractivity contribution in [3.63, 3.8) is 0 Å². The van der Waals surface area contributed by atoms with Crippen LogP contribution in [0.3, 0.4) is 0 Å². The van der Waals surface area contributed by atoms with Crippen LogP contribution in [0, 0.1) is 11.3 Å². The SMILES string of the molecule is CCc1ccc(C(O)C2(CN)CCCC(CC)C2)cc1. The molecule has 0 spiro atoms. The molecule has 1 fully saturated rings. The maximum Gasteiger partial charge on any atom is 0.0858 e. The molecular weight excluding hydrogens is 246 g/mol. The second-order valence-corrected chi connectivity index (χ2v) is 6.43. The minimum atomic E-state index is -0.423. The van der Waals surface area contributed by atoms with Crippen molar-refractivity contribution in [2.75, 3.05) is 6.54 Å². The normalized spacial score (nSPS) is 28.3. The molecule has 1 aliphatic rings. The molecule has 1 aliphatic carbocycles. The van der Waals surface area contributed by atoms with Gasteiger partial charge in [-0.3, -0.25) is 0 Å². The highest BCUT2D eigenvalue weighted by atomic mass is 16.3. The Bertz CT molecular complexity index is 414. The van der Waals surface area contributed by atoms with Crippen LogP contribution >= 0.6 is 0 Å². The van der Waals surface area contributed by atoms with Gasteiger partial charge in [-0.1, -0.05) is 57.4 Å². The molecular formula is C18H29NO. The maximum absolute atomic E-state index is 10.9. The van der Waals surface area contributed by atoms with Crippen molar-refractivity contribution in [2.24, 2.45) is 17.1 Å². The van der Waals surface area contributed by atoms with Gasteiger partial charge in [0.25, 0.3) is 0 Å². The Morgan fingerprint density at radius 1 is 1.30 bits per heavy atom. The number of aliphatic hydroxyl groups excluding tert-OH is 1. The summed E-state index contributed by atoms with van der Waals surface area (Å²) in [5, 5.41) is 10.9. The van der Waals surface area contributed by atoms with Crippen molar-refractivity contribution in [1.29, 1.82) is 0 Å². The molecule has 0 bridgehead atoms. The summed E-state index contributed by atoms with van der Waals surface area (Å²) in [6.45, 7) is 4.99. The van der Waals surface area contributed by atoms with E-state index < -0.39 is 6.10 Å². The summed E-state index contributed by atoms with van der Waals surface area (Å²) in [7, 11) is 0. The maximum atomic E-state index is 10.9. The third-order valence-electron chi connectivity index (χ3n) is 5.25. The number of nitrogens with two attached hydrogens (primary N) is 1. The first-order valence-electron chi connectivity index (χ1n) is 8.12. The zero-order chi connectivity index (χ0) is 14.6. The van der Waals surface area contributed by atoms with Gasteiger partial charge >= 0.3 is 0 Å². The summed E-state index contributed by atoms with van der Waals surface area (Å²) in [5.41, 5.74) is 8.32. The molecule has 2 nitrogen and oxygen atoms in total. The Balaban J connectivity index is 2.20. The minimum Gasteiger partial charge on any atom is -0.388 e. The van der Waals surface area contributed by atoms with Crippen LogP contribution in [0.2, 0.25) is 0 Å². The van der Waals surface area contributed by atoms with Crippen molar-refractivity contribution in [3.8, 4) is 0 Å². The highest BCUT2D eigenvalue weighted by Gasteiger charge is 2.41. The molecule has 3 N–H and O–H groups in total. The van der Waals surface area contributed by atoms with Gasteiger partial charge in [0, 0.05) is 12.0 Å². The highest BCUT2D eigenvalue weighted by Crippen LogP contribution is 2.48. The summed E-state index contributed by atoms with van der Waals surface area (Å²) in [6, 6.07) is 8.42. The number of hydrogen-bond acceptors (Lipinski definition) is 2. The van der Waals surface area contributed by atoms with E-state index in [2.05, 4.69) is 38.1 Å². The van der Waals surface area contributed by atoms with E-state index in [0.717, 1.165) is 30.7 Å². The average Bonchev–Trinajstić information content (AvgIpc) is 2.54. The van der Waals surface area contributed by atoms with E-state index >= 15 is 0 Å². The predicted molar refractivity (Wildman–Crippen MR) is 84.5 cm³/mol. The Labute approximate surface area is 123 Å². The molecule has 1 saturated carbocycles. The molecule has 3 unspecified atom stereocenters. The third kappa shape index (κ3) is 3.07. The highest BCUT2D eigenvalue weighted by molar-refractivity contribution is 5.26. The second kappa shape index (κ2) is 6.73. The fourth-order valence-electron chi connectivity index (χ4n) is 3.70. The second-order valence-electron chi connectivity index (χ2n) is 6.43. The van der Waals surface area contributed by atoms with Gasteiger partial charge in [-0.05, 0) is 36.3 Å². The topological polar surface area (TPSA) is 46.2 Å². The van der Waals surface area contributed by atoms with Crippen molar-refractivity contribution < 1.29 is 5.11 Å². The lowest BCUT2D eigenvalue weighted by molar-refractivity contribution is -0.0162. The fraction of sp³-hybridized carbons (Fsp3) is 0.667. The van der Waals surface area contributed by atoms with Crippen LogP contribution in [0.1, 0.15) is 63.2 Å². The molecule has 0 saturated heterocycles. The van der Waals surface area contributed by atoms with Crippen LogP contribution in [0.4, 0.5) is 0 Å². The van der Waals surface area contributed by atoms with Gasteiger partial charge in [0.15, 0.2) is 0 Å². The van der Waals surface area contributed by atoms with E-state index in [9.17, 15) is 5.11 Å². The molecule has 0 amide bonds. The molecule has 2 heteroatoms. The Morgan fingerprint density at radius 2 is 2.00 bits per heavy atom. The van der Waals surface area contributed by atoms with E-state index in [1.165, 1.54) is 24.8 Å². The monoisotopic (exact) mass is 275 g/mol. The number of benzene rings is 1. The van der Waals surface area contributed by atoms with Gasteiger partial charge in [-0.15, -0.1) is 0 Å². The standard InChI is InChI=1S/C18H29NO/c1-3-14-7-9-16(10-8-14)17(20)18(13-19)11-5-6-15(4-2)12-18/h7-10,15,17,20H,3-6,11-13,19H2,1-2H3. The minimum absolute atomic E-state index is 0.118. The number of rotatable bonds is 5. The Kier molecular flexibility index (Phi) is 5.22. The van der Waals surface area contributed by atoms with Gasteiger partial charge < -0.3 is 10.8 Å². The van der Waals surface area contributed by atoms with Gasteiger partial charge in [0.2, 0.25) is 0 Å². The largest absolute Gasteiger partial charge is 0.388 e. The molecule has 20 heavy (non-hydrogen) atoms. The molecule has 0 aliphatic heterocycles. The van der Waals surface area contributed by atoms with Gasteiger partial charge in [0.1, 0.15) is 0 Å². The van der Waals surface area contributed by atoms with Gasteiger partial charge in [-0.2, -0.15) is 0 Å². The van der Waals surface area contributed by atoms with Crippen LogP contribution < -0.4 is 5.73 Å². The first kappa shape index (κ1) is 15.5. The van der Waals surface area contributed by atoms with Crippen molar-refractivity contribution in [2.45, 2.75) is 58.5 Å². The van der Waals surface area contributed by atoms with E-state index in [-0.39, 0.29) is 5.41 Å². The number of aliphatic hydroxyl groups is 1. The van der Waals surface area contributed by atoms with Crippen molar-refractivity contribution in [1.82, 2.24) is 0 Å². The zero-order valence-electron chi connectivity index (χ0n) is 12.9. The quantitative estimate of drug-likeness (QED) is 0.858.